The predicted molar refractivity (Wildman–Crippen MR) is 145 cm³/mol. The average molecular weight is 538 g/mol. The summed E-state index contributed by atoms with van der Waals surface area (Å²) >= 11 is 6.35. The van der Waals surface area contributed by atoms with Gasteiger partial charge in [0.2, 0.25) is 0 Å². The van der Waals surface area contributed by atoms with Crippen LogP contribution < -0.4 is 23.8 Å². The van der Waals surface area contributed by atoms with E-state index in [2.05, 4.69) is 0 Å². The van der Waals surface area contributed by atoms with Crippen molar-refractivity contribution in [3.63, 3.8) is 0 Å². The Morgan fingerprint density at radius 1 is 0.921 bits per heavy atom. The largest absolute Gasteiger partial charge is 0.507 e. The number of para-hydroxylation sites is 1. The van der Waals surface area contributed by atoms with Crippen molar-refractivity contribution in [1.29, 1.82) is 0 Å². The van der Waals surface area contributed by atoms with E-state index in [0.717, 1.165) is 6.42 Å². The van der Waals surface area contributed by atoms with Gasteiger partial charge in [-0.05, 0) is 30.7 Å². The minimum atomic E-state index is -1.02. The molecule has 3 aromatic carbocycles. The number of carbonyl (C=O) groups excluding carboxylic acids is 2. The van der Waals surface area contributed by atoms with Crippen molar-refractivity contribution in [2.24, 2.45) is 0 Å². The molecule has 198 valence electrons. The summed E-state index contributed by atoms with van der Waals surface area (Å²) in [4.78, 5) is 28.5. The third-order valence-corrected chi connectivity index (χ3v) is 6.47. The summed E-state index contributed by atoms with van der Waals surface area (Å²) in [6.07, 6.45) is 0.808. The summed E-state index contributed by atoms with van der Waals surface area (Å²) in [5.74, 6) is -0.598. The molecule has 4 rings (SSSR count). The van der Waals surface area contributed by atoms with E-state index in [0.29, 0.717) is 35.1 Å². The first-order valence-electron chi connectivity index (χ1n) is 11.9. The number of aliphatic hydroxyl groups excluding tert-OH is 1. The molecule has 0 aliphatic carbocycles. The van der Waals surface area contributed by atoms with E-state index in [4.69, 9.17) is 30.5 Å². The van der Waals surface area contributed by atoms with E-state index in [1.165, 1.54) is 38.4 Å². The van der Waals surface area contributed by atoms with Gasteiger partial charge in [0.25, 0.3) is 11.7 Å². The van der Waals surface area contributed by atoms with E-state index in [1.54, 1.807) is 48.5 Å². The summed E-state index contributed by atoms with van der Waals surface area (Å²) in [7, 11) is 4.36. The third-order valence-electron chi connectivity index (χ3n) is 6.18. The van der Waals surface area contributed by atoms with Gasteiger partial charge in [0.1, 0.15) is 28.8 Å². The minimum Gasteiger partial charge on any atom is -0.507 e. The van der Waals surface area contributed by atoms with Gasteiger partial charge in [-0.1, -0.05) is 42.8 Å². The molecule has 1 fully saturated rings. The van der Waals surface area contributed by atoms with Crippen LogP contribution in [0.25, 0.3) is 5.76 Å². The zero-order valence-corrected chi connectivity index (χ0v) is 22.2. The van der Waals surface area contributed by atoms with Gasteiger partial charge in [0, 0.05) is 23.4 Å². The number of rotatable bonds is 9. The Balaban J connectivity index is 1.98. The van der Waals surface area contributed by atoms with Gasteiger partial charge >= 0.3 is 0 Å². The second-order valence-electron chi connectivity index (χ2n) is 8.44. The van der Waals surface area contributed by atoms with Gasteiger partial charge in [0.15, 0.2) is 0 Å². The molecule has 38 heavy (non-hydrogen) atoms. The van der Waals surface area contributed by atoms with Crippen LogP contribution in [0.4, 0.5) is 5.69 Å². The molecule has 0 spiro atoms. The van der Waals surface area contributed by atoms with Crippen LogP contribution in [0.15, 0.2) is 66.2 Å². The van der Waals surface area contributed by atoms with Crippen LogP contribution in [0.1, 0.15) is 30.5 Å². The van der Waals surface area contributed by atoms with Crippen molar-refractivity contribution in [2.45, 2.75) is 19.4 Å². The van der Waals surface area contributed by atoms with Gasteiger partial charge < -0.3 is 24.1 Å². The van der Waals surface area contributed by atoms with Crippen molar-refractivity contribution in [1.82, 2.24) is 0 Å². The molecular weight excluding hydrogens is 510 g/mol. The van der Waals surface area contributed by atoms with Gasteiger partial charge in [-0.3, -0.25) is 14.5 Å². The maximum atomic E-state index is 13.6. The second kappa shape index (κ2) is 11.5. The van der Waals surface area contributed by atoms with Crippen molar-refractivity contribution in [3.8, 4) is 23.0 Å². The Hall–Kier alpha value is -4.17. The van der Waals surface area contributed by atoms with Crippen LogP contribution in [-0.2, 0) is 9.59 Å². The standard InChI is InChI=1S/C29H28ClNO7/c1-5-13-38-18-10-8-9-17(14-18)31-26(19-11-6-7-12-22(19)35-2)25(28(33)29(31)34)27(32)20-15-21(30)24(37-4)16-23(20)36-3/h6-12,14-16,26,32H,5,13H2,1-4H3/b27-25+. The first-order chi connectivity index (χ1) is 18.4. The molecule has 1 atom stereocenters. The number of aliphatic hydroxyl groups is 1. The highest BCUT2D eigenvalue weighted by atomic mass is 35.5. The number of amides is 1. The number of ketones is 1. The van der Waals surface area contributed by atoms with Crippen molar-refractivity contribution in [3.05, 3.63) is 82.4 Å². The van der Waals surface area contributed by atoms with E-state index in [9.17, 15) is 14.7 Å². The number of halogens is 1. The van der Waals surface area contributed by atoms with Crippen LogP contribution in [0.3, 0.4) is 0 Å². The lowest BCUT2D eigenvalue weighted by Crippen LogP contribution is -2.29. The number of hydrogen-bond donors (Lipinski definition) is 1. The highest BCUT2D eigenvalue weighted by Crippen LogP contribution is 2.47. The molecule has 0 aromatic heterocycles. The van der Waals surface area contributed by atoms with E-state index < -0.39 is 23.5 Å². The first-order valence-corrected chi connectivity index (χ1v) is 12.3. The lowest BCUT2D eigenvalue weighted by Gasteiger charge is -2.27. The Morgan fingerprint density at radius 2 is 1.63 bits per heavy atom. The number of Topliss-reactive ketones (excluding diaryl/α,β-unsaturated/α-hetero) is 1. The van der Waals surface area contributed by atoms with E-state index in [1.807, 2.05) is 6.92 Å². The molecule has 0 saturated carbocycles. The SMILES string of the molecule is CCCOc1cccc(N2C(=O)C(=O)/C(=C(/O)c3cc(Cl)c(OC)cc3OC)C2c2ccccc2OC)c1. The molecule has 0 bridgehead atoms. The highest BCUT2D eigenvalue weighted by Gasteiger charge is 2.48. The number of methoxy groups -OCH3 is 3. The number of anilines is 1. The smallest absolute Gasteiger partial charge is 0.300 e. The van der Waals surface area contributed by atoms with E-state index >= 15 is 0 Å². The Labute approximate surface area is 225 Å². The van der Waals surface area contributed by atoms with Crippen LogP contribution in [0.5, 0.6) is 23.0 Å². The summed E-state index contributed by atoms with van der Waals surface area (Å²) in [6, 6.07) is 15.8. The average Bonchev–Trinajstić information content (AvgIpc) is 3.21. The lowest BCUT2D eigenvalue weighted by molar-refractivity contribution is -0.132. The fourth-order valence-electron chi connectivity index (χ4n) is 4.42. The summed E-state index contributed by atoms with van der Waals surface area (Å²) in [5.41, 5.74) is 0.930. The molecular formula is C29H28ClNO7. The van der Waals surface area contributed by atoms with Crippen LogP contribution in [0.2, 0.25) is 5.02 Å². The van der Waals surface area contributed by atoms with Crippen LogP contribution >= 0.6 is 11.6 Å². The molecule has 1 aliphatic heterocycles. The summed E-state index contributed by atoms with van der Waals surface area (Å²) in [6.45, 7) is 2.49. The molecule has 1 aliphatic rings. The molecule has 9 heteroatoms. The zero-order valence-electron chi connectivity index (χ0n) is 21.5. The van der Waals surface area contributed by atoms with Gasteiger partial charge in [-0.2, -0.15) is 0 Å². The quantitative estimate of drug-likeness (QED) is 0.210. The topological polar surface area (TPSA) is 94.5 Å². The van der Waals surface area contributed by atoms with Gasteiger partial charge in [-0.15, -0.1) is 0 Å². The van der Waals surface area contributed by atoms with Crippen molar-refractivity contribution >= 4 is 34.7 Å². The lowest BCUT2D eigenvalue weighted by atomic mass is 9.94. The maximum Gasteiger partial charge on any atom is 0.300 e. The molecule has 1 heterocycles. The monoisotopic (exact) mass is 537 g/mol. The fourth-order valence-corrected chi connectivity index (χ4v) is 4.66. The molecule has 8 nitrogen and oxygen atoms in total. The number of benzene rings is 3. The summed E-state index contributed by atoms with van der Waals surface area (Å²) < 4.78 is 22.0. The second-order valence-corrected chi connectivity index (χ2v) is 8.85. The minimum absolute atomic E-state index is 0.135. The molecule has 1 N–H and O–H groups in total. The van der Waals surface area contributed by atoms with Gasteiger partial charge in [-0.25, -0.2) is 0 Å². The van der Waals surface area contributed by atoms with Gasteiger partial charge in [0.05, 0.1) is 50.1 Å². The van der Waals surface area contributed by atoms with Crippen molar-refractivity contribution in [2.75, 3.05) is 32.8 Å². The predicted octanol–water partition coefficient (Wildman–Crippen LogP) is 5.78. The first kappa shape index (κ1) is 26.9. The summed E-state index contributed by atoms with van der Waals surface area (Å²) in [5, 5.41) is 11.8. The molecule has 1 saturated heterocycles. The molecule has 1 unspecified atom stereocenters. The number of carbonyl (C=O) groups is 2. The normalized spacial score (nSPS) is 16.4. The Kier molecular flexibility index (Phi) is 8.12. The number of ether oxygens (including phenoxy) is 4. The number of nitrogens with zero attached hydrogens (tertiary/aromatic N) is 1. The third kappa shape index (κ3) is 4.87. The van der Waals surface area contributed by atoms with Crippen LogP contribution in [0, 0.1) is 0 Å². The fraction of sp³-hybridized carbons (Fsp3) is 0.241. The molecule has 3 aromatic rings. The van der Waals surface area contributed by atoms with Crippen molar-refractivity contribution < 1.29 is 33.6 Å². The Bertz CT molecular complexity index is 1400. The highest BCUT2D eigenvalue weighted by molar-refractivity contribution is 6.51. The van der Waals surface area contributed by atoms with E-state index in [-0.39, 0.29) is 21.9 Å². The molecule has 0 radical (unpaired) electrons. The van der Waals surface area contributed by atoms with Crippen LogP contribution in [-0.4, -0.2) is 44.7 Å². The molecule has 1 amide bonds. The number of hydrogen-bond acceptors (Lipinski definition) is 7. The Morgan fingerprint density at radius 3 is 2.32 bits per heavy atom. The maximum absolute atomic E-state index is 13.6. The zero-order chi connectivity index (χ0) is 27.4.